The van der Waals surface area contributed by atoms with E-state index in [0.717, 1.165) is 25.2 Å². The number of hydrogen-bond acceptors (Lipinski definition) is 5. The van der Waals surface area contributed by atoms with Crippen molar-refractivity contribution in [2.45, 2.75) is 57.6 Å². The molecule has 6 rings (SSSR count). The molecule has 3 aliphatic rings. The van der Waals surface area contributed by atoms with Gasteiger partial charge >= 0.3 is 0 Å². The summed E-state index contributed by atoms with van der Waals surface area (Å²) in [5.41, 5.74) is 6.12. The van der Waals surface area contributed by atoms with Crippen molar-refractivity contribution < 1.29 is 9.90 Å². The molecule has 4 heterocycles. The van der Waals surface area contributed by atoms with E-state index in [1.54, 1.807) is 0 Å². The molecule has 2 aliphatic heterocycles. The van der Waals surface area contributed by atoms with Crippen molar-refractivity contribution in [3.8, 4) is 11.1 Å². The highest BCUT2D eigenvalue weighted by Gasteiger charge is 2.38. The van der Waals surface area contributed by atoms with Crippen molar-refractivity contribution in [3.05, 3.63) is 54.4 Å². The molecule has 2 aromatic heterocycles. The summed E-state index contributed by atoms with van der Waals surface area (Å²) in [6.07, 6.45) is 7.42. The minimum Gasteiger partial charge on any atom is -0.393 e. The monoisotopic (exact) mass is 501 g/mol. The topological polar surface area (TPSA) is 64.3 Å². The lowest BCUT2D eigenvalue weighted by molar-refractivity contribution is -0.144. The maximum absolute atomic E-state index is 12.9. The lowest BCUT2D eigenvalue weighted by Gasteiger charge is -2.44. The summed E-state index contributed by atoms with van der Waals surface area (Å²) in [7, 11) is 0. The Morgan fingerprint density at radius 1 is 1.03 bits per heavy atom. The number of nitrogens with zero attached hydrogens (tertiary/aromatic N) is 5. The molecule has 1 amide bonds. The number of aliphatic hydroxyl groups is 1. The van der Waals surface area contributed by atoms with Gasteiger partial charge in [-0.3, -0.25) is 4.79 Å². The first kappa shape index (κ1) is 24.4. The molecule has 0 radical (unpaired) electrons. The molecule has 2 saturated heterocycles. The minimum atomic E-state index is -0.297. The van der Waals surface area contributed by atoms with Gasteiger partial charge in [-0.2, -0.15) is 5.10 Å². The fourth-order valence-electron chi connectivity index (χ4n) is 6.48. The average Bonchev–Trinajstić information content (AvgIpc) is 3.36. The predicted molar refractivity (Wildman–Crippen MR) is 147 cm³/mol. The highest BCUT2D eigenvalue weighted by atomic mass is 16.3. The smallest absolute Gasteiger partial charge is 0.226 e. The van der Waals surface area contributed by atoms with Crippen LogP contribution < -0.4 is 4.90 Å². The van der Waals surface area contributed by atoms with Crippen molar-refractivity contribution >= 4 is 17.1 Å². The molecule has 7 heteroatoms. The van der Waals surface area contributed by atoms with Gasteiger partial charge in [0.25, 0.3) is 0 Å². The number of benzene rings is 1. The summed E-state index contributed by atoms with van der Waals surface area (Å²) in [4.78, 5) is 19.8. The zero-order valence-corrected chi connectivity index (χ0v) is 22.1. The molecule has 1 atom stereocenters. The highest BCUT2D eigenvalue weighted by molar-refractivity contribution is 5.82. The Morgan fingerprint density at radius 3 is 2.46 bits per heavy atom. The Hall–Kier alpha value is -2.90. The number of hydrogen-bond donors (Lipinski definition) is 1. The van der Waals surface area contributed by atoms with Crippen LogP contribution in [-0.4, -0.2) is 81.8 Å². The average molecular weight is 502 g/mol. The van der Waals surface area contributed by atoms with Gasteiger partial charge in [0.15, 0.2) is 0 Å². The summed E-state index contributed by atoms with van der Waals surface area (Å²) >= 11 is 0. The zero-order valence-electron chi connectivity index (χ0n) is 22.1. The van der Waals surface area contributed by atoms with Crippen LogP contribution >= 0.6 is 0 Å². The summed E-state index contributed by atoms with van der Waals surface area (Å²) in [5, 5.41) is 14.2. The lowest BCUT2D eigenvalue weighted by atomic mass is 9.81. The van der Waals surface area contributed by atoms with Gasteiger partial charge in [0.2, 0.25) is 5.91 Å². The van der Waals surface area contributed by atoms with Gasteiger partial charge in [-0.1, -0.05) is 31.2 Å². The van der Waals surface area contributed by atoms with E-state index in [4.69, 9.17) is 0 Å². The van der Waals surface area contributed by atoms with Crippen LogP contribution in [0.2, 0.25) is 0 Å². The molecule has 3 aromatic rings. The molecule has 196 valence electrons. The van der Waals surface area contributed by atoms with Gasteiger partial charge in [0.1, 0.15) is 0 Å². The molecule has 3 fully saturated rings. The van der Waals surface area contributed by atoms with Gasteiger partial charge in [0, 0.05) is 49.6 Å². The Bertz CT molecular complexity index is 1240. The molecule has 1 aliphatic carbocycles. The summed E-state index contributed by atoms with van der Waals surface area (Å²) in [6.45, 7) is 10.3. The minimum absolute atomic E-state index is 0.000330. The van der Waals surface area contributed by atoms with Crippen molar-refractivity contribution in [1.82, 2.24) is 19.4 Å². The molecule has 0 bridgehead atoms. The third-order valence-corrected chi connectivity index (χ3v) is 8.95. The fraction of sp³-hybridized carbons (Fsp3) is 0.533. The molecule has 1 N–H and O–H groups in total. The van der Waals surface area contributed by atoms with Crippen molar-refractivity contribution in [3.63, 3.8) is 0 Å². The number of fused-ring (bicyclic) bond motifs is 1. The van der Waals surface area contributed by atoms with E-state index < -0.39 is 0 Å². The molecule has 0 spiro atoms. The quantitative estimate of drug-likeness (QED) is 0.572. The molecule has 0 unspecified atom stereocenters. The standard InChI is InChI=1S/C30H39N5O2/c1-3-32-12-9-24(10-13-32)22-4-6-23(7-5-22)26-18-29-28(8-11-31-35(29)20-26)33-14-15-34(21(2)19-33)30(37)25-16-27(36)17-25/h4-8,11,18,20-21,24-25,27,36H,3,9-10,12-17,19H2,1-2H3/t21-,25?,27?/m1/s1. The van der Waals surface area contributed by atoms with E-state index >= 15 is 0 Å². The summed E-state index contributed by atoms with van der Waals surface area (Å²) in [5.74, 6) is 0.877. The molecular formula is C30H39N5O2. The maximum Gasteiger partial charge on any atom is 0.226 e. The number of amides is 1. The van der Waals surface area contributed by atoms with Gasteiger partial charge in [0.05, 0.1) is 17.3 Å². The number of anilines is 1. The van der Waals surface area contributed by atoms with Crippen LogP contribution in [0.25, 0.3) is 16.6 Å². The van der Waals surface area contributed by atoms with Crippen LogP contribution in [-0.2, 0) is 4.79 Å². The third kappa shape index (κ3) is 4.75. The summed E-state index contributed by atoms with van der Waals surface area (Å²) < 4.78 is 1.98. The van der Waals surface area contributed by atoms with Crippen molar-refractivity contribution in [2.24, 2.45) is 5.92 Å². The van der Waals surface area contributed by atoms with Gasteiger partial charge in [-0.25, -0.2) is 4.52 Å². The SMILES string of the molecule is CCN1CCC(c2ccc(-c3cc4c(N5CCN(C(=O)C6CC(O)C6)[C@H](C)C5)ccnn4c3)cc2)CC1. The van der Waals surface area contributed by atoms with Crippen LogP contribution in [0.4, 0.5) is 5.69 Å². The first-order valence-corrected chi connectivity index (χ1v) is 14.0. The first-order chi connectivity index (χ1) is 18.0. The Kier molecular flexibility index (Phi) is 6.67. The number of rotatable bonds is 5. The van der Waals surface area contributed by atoms with E-state index in [9.17, 15) is 9.90 Å². The van der Waals surface area contributed by atoms with Crippen molar-refractivity contribution in [2.75, 3.05) is 44.2 Å². The molecule has 1 aromatic carbocycles. The van der Waals surface area contributed by atoms with Gasteiger partial charge < -0.3 is 19.8 Å². The Morgan fingerprint density at radius 2 is 1.78 bits per heavy atom. The lowest BCUT2D eigenvalue weighted by Crippen LogP contribution is -2.57. The normalized spacial score (nSPS) is 25.4. The molecule has 7 nitrogen and oxygen atoms in total. The van der Waals surface area contributed by atoms with Crippen LogP contribution in [0, 0.1) is 5.92 Å². The summed E-state index contributed by atoms with van der Waals surface area (Å²) in [6, 6.07) is 13.6. The first-order valence-electron chi connectivity index (χ1n) is 14.0. The fourth-order valence-corrected chi connectivity index (χ4v) is 6.48. The predicted octanol–water partition coefficient (Wildman–Crippen LogP) is 4.01. The molecule has 37 heavy (non-hydrogen) atoms. The zero-order chi connectivity index (χ0) is 25.5. The number of piperidine rings is 1. The second kappa shape index (κ2) is 10.1. The number of carbonyl (C=O) groups excluding carboxylic acids is 1. The van der Waals surface area contributed by atoms with E-state index in [1.165, 1.54) is 48.3 Å². The maximum atomic E-state index is 12.9. The Labute approximate surface area is 219 Å². The molecule has 1 saturated carbocycles. The van der Waals surface area contributed by atoms with E-state index in [1.807, 2.05) is 15.6 Å². The van der Waals surface area contributed by atoms with E-state index in [0.29, 0.717) is 25.3 Å². The van der Waals surface area contributed by atoms with Gasteiger partial charge in [-0.15, -0.1) is 0 Å². The largest absolute Gasteiger partial charge is 0.393 e. The molecular weight excluding hydrogens is 462 g/mol. The van der Waals surface area contributed by atoms with E-state index in [-0.39, 0.29) is 24.0 Å². The second-order valence-corrected chi connectivity index (χ2v) is 11.3. The van der Waals surface area contributed by atoms with Crippen molar-refractivity contribution in [1.29, 1.82) is 0 Å². The van der Waals surface area contributed by atoms with Crippen LogP contribution in [0.3, 0.4) is 0 Å². The third-order valence-electron chi connectivity index (χ3n) is 8.95. The van der Waals surface area contributed by atoms with Gasteiger partial charge in [-0.05, 0) is 81.4 Å². The van der Waals surface area contributed by atoms with Crippen LogP contribution in [0.1, 0.15) is 51.0 Å². The van der Waals surface area contributed by atoms with Crippen LogP contribution in [0.15, 0.2) is 48.8 Å². The van der Waals surface area contributed by atoms with Crippen LogP contribution in [0.5, 0.6) is 0 Å². The number of piperazine rings is 1. The highest BCUT2D eigenvalue weighted by Crippen LogP contribution is 2.34. The number of aliphatic hydroxyl groups excluding tert-OH is 1. The number of likely N-dealkylation sites (tertiary alicyclic amines) is 1. The number of carbonyl (C=O) groups is 1. The second-order valence-electron chi connectivity index (χ2n) is 11.3. The van der Waals surface area contributed by atoms with E-state index in [2.05, 4.69) is 71.3 Å². The number of aromatic nitrogens is 2. The Balaban J connectivity index is 1.17.